The summed E-state index contributed by atoms with van der Waals surface area (Å²) in [6.45, 7) is 6.27. The zero-order chi connectivity index (χ0) is 25.3. The molecule has 0 aliphatic rings. The molecule has 36 heavy (non-hydrogen) atoms. The maximum Gasteiger partial charge on any atom is 0.229 e. The van der Waals surface area contributed by atoms with Crippen LogP contribution in [0.5, 0.6) is 5.75 Å². The molecule has 0 radical (unpaired) electrons. The van der Waals surface area contributed by atoms with Crippen molar-refractivity contribution in [2.24, 2.45) is 0 Å². The van der Waals surface area contributed by atoms with Gasteiger partial charge < -0.3 is 10.1 Å². The lowest BCUT2D eigenvalue weighted by molar-refractivity contribution is -0.115. The molecule has 1 N–H and O–H groups in total. The van der Waals surface area contributed by atoms with Crippen LogP contribution in [0.2, 0.25) is 0 Å². The van der Waals surface area contributed by atoms with E-state index in [9.17, 15) is 4.79 Å². The summed E-state index contributed by atoms with van der Waals surface area (Å²) in [5, 5.41) is 7.84. The molecule has 0 aliphatic carbocycles. The number of hydrogen-bond donors (Lipinski definition) is 1. The number of rotatable bonds is 6. The van der Waals surface area contributed by atoms with Crippen molar-refractivity contribution in [3.05, 3.63) is 90.5 Å². The topological polar surface area (TPSA) is 86.9 Å². The number of amides is 1. The van der Waals surface area contributed by atoms with E-state index < -0.39 is 0 Å². The summed E-state index contributed by atoms with van der Waals surface area (Å²) in [5.41, 5.74) is 4.90. The Kier molecular flexibility index (Phi) is 6.01. The predicted octanol–water partition coefficient (Wildman–Crippen LogP) is 5.09. The summed E-state index contributed by atoms with van der Waals surface area (Å²) < 4.78 is 9.20. The number of benzene rings is 2. The van der Waals surface area contributed by atoms with E-state index in [1.807, 2.05) is 71.3 Å². The first kappa shape index (κ1) is 23.3. The minimum absolute atomic E-state index is 0.131. The average Bonchev–Trinajstić information content (AvgIpc) is 3.49. The van der Waals surface area contributed by atoms with Crippen LogP contribution in [0.3, 0.4) is 0 Å². The van der Waals surface area contributed by atoms with Crippen molar-refractivity contribution in [2.75, 3.05) is 12.4 Å². The molecule has 8 heteroatoms. The van der Waals surface area contributed by atoms with Crippen molar-refractivity contribution < 1.29 is 9.53 Å². The fraction of sp³-hybridized carbons (Fsp3) is 0.214. The number of pyridine rings is 1. The summed E-state index contributed by atoms with van der Waals surface area (Å²) in [4.78, 5) is 21.9. The number of carbonyl (C=O) groups is 1. The van der Waals surface area contributed by atoms with Crippen LogP contribution in [0.25, 0.3) is 22.5 Å². The normalized spacial score (nSPS) is 11.6. The molecule has 0 spiro atoms. The molecule has 0 saturated carbocycles. The smallest absolute Gasteiger partial charge is 0.229 e. The standard InChI is InChI=1S/C28H28N6O2/c1-28(2,3)24-17-25(34(32-24)22-9-5-6-10-23(22)36-4)31-26(35)16-19-11-13-20(14-12-19)33-18-30-21-8-7-15-29-27(21)33/h5-15,17-18H,16H2,1-4H3,(H,31,35). The van der Waals surface area contributed by atoms with E-state index in [1.54, 1.807) is 24.3 Å². The summed E-state index contributed by atoms with van der Waals surface area (Å²) in [6.07, 6.45) is 3.73. The summed E-state index contributed by atoms with van der Waals surface area (Å²) in [5.74, 6) is 1.14. The molecule has 182 valence electrons. The maximum absolute atomic E-state index is 13.1. The molecule has 2 aromatic carbocycles. The second-order valence-corrected chi connectivity index (χ2v) is 9.60. The summed E-state index contributed by atoms with van der Waals surface area (Å²) >= 11 is 0. The van der Waals surface area contributed by atoms with Crippen LogP contribution in [-0.4, -0.2) is 37.3 Å². The SMILES string of the molecule is COc1ccccc1-n1nc(C(C)(C)C)cc1NC(=O)Cc1ccc(-n2cnc3cccnc32)cc1. The molecule has 0 unspecified atom stereocenters. The molecule has 0 bridgehead atoms. The van der Waals surface area contributed by atoms with Crippen molar-refractivity contribution in [3.8, 4) is 17.1 Å². The quantitative estimate of drug-likeness (QED) is 0.366. The number of anilines is 1. The van der Waals surface area contributed by atoms with Gasteiger partial charge in [-0.2, -0.15) is 5.10 Å². The van der Waals surface area contributed by atoms with Crippen molar-refractivity contribution in [1.82, 2.24) is 24.3 Å². The number of ether oxygens (including phenoxy) is 1. The lowest BCUT2D eigenvalue weighted by atomic mass is 9.92. The molecule has 0 saturated heterocycles. The Morgan fingerprint density at radius 1 is 1.00 bits per heavy atom. The van der Waals surface area contributed by atoms with E-state index in [0.717, 1.165) is 33.8 Å². The molecular formula is C28H28N6O2. The second-order valence-electron chi connectivity index (χ2n) is 9.60. The number of methoxy groups -OCH3 is 1. The fourth-order valence-electron chi connectivity index (χ4n) is 4.01. The first-order valence-electron chi connectivity index (χ1n) is 11.7. The molecule has 0 atom stereocenters. The lowest BCUT2D eigenvalue weighted by Gasteiger charge is -2.14. The largest absolute Gasteiger partial charge is 0.494 e. The number of para-hydroxylation sites is 2. The van der Waals surface area contributed by atoms with Crippen LogP contribution < -0.4 is 10.1 Å². The van der Waals surface area contributed by atoms with E-state index >= 15 is 0 Å². The highest BCUT2D eigenvalue weighted by atomic mass is 16.5. The van der Waals surface area contributed by atoms with Crippen LogP contribution in [0.4, 0.5) is 5.82 Å². The summed E-state index contributed by atoms with van der Waals surface area (Å²) in [6, 6.07) is 21.2. The second kappa shape index (κ2) is 9.30. The Hall–Kier alpha value is -4.46. The number of nitrogens with zero attached hydrogens (tertiary/aromatic N) is 5. The van der Waals surface area contributed by atoms with Gasteiger partial charge in [-0.1, -0.05) is 45.0 Å². The van der Waals surface area contributed by atoms with E-state index in [1.165, 1.54) is 0 Å². The van der Waals surface area contributed by atoms with Crippen LogP contribution in [0.15, 0.2) is 79.3 Å². The zero-order valence-electron chi connectivity index (χ0n) is 20.8. The fourth-order valence-corrected chi connectivity index (χ4v) is 4.01. The average molecular weight is 481 g/mol. The first-order chi connectivity index (χ1) is 17.3. The van der Waals surface area contributed by atoms with Crippen molar-refractivity contribution >= 4 is 22.9 Å². The number of aromatic nitrogens is 5. The number of carbonyl (C=O) groups excluding carboxylic acids is 1. The van der Waals surface area contributed by atoms with Gasteiger partial charge in [0, 0.05) is 23.4 Å². The molecular weight excluding hydrogens is 452 g/mol. The number of imidazole rings is 1. The van der Waals surface area contributed by atoms with Crippen molar-refractivity contribution in [1.29, 1.82) is 0 Å². The van der Waals surface area contributed by atoms with E-state index in [4.69, 9.17) is 9.84 Å². The third kappa shape index (κ3) is 4.57. The summed E-state index contributed by atoms with van der Waals surface area (Å²) in [7, 11) is 1.62. The van der Waals surface area contributed by atoms with Crippen LogP contribution in [0.1, 0.15) is 32.0 Å². The Balaban J connectivity index is 1.38. The Morgan fingerprint density at radius 3 is 2.53 bits per heavy atom. The molecule has 0 aliphatic heterocycles. The molecule has 5 aromatic rings. The highest BCUT2D eigenvalue weighted by Gasteiger charge is 2.22. The van der Waals surface area contributed by atoms with Gasteiger partial charge in [-0.15, -0.1) is 0 Å². The Labute approximate surface area is 209 Å². The molecule has 0 fully saturated rings. The zero-order valence-corrected chi connectivity index (χ0v) is 20.8. The van der Waals surface area contributed by atoms with Crippen molar-refractivity contribution in [2.45, 2.75) is 32.6 Å². The van der Waals surface area contributed by atoms with Gasteiger partial charge in [0.2, 0.25) is 5.91 Å². The number of nitrogens with one attached hydrogen (secondary N) is 1. The minimum atomic E-state index is -0.186. The third-order valence-corrected chi connectivity index (χ3v) is 5.94. The van der Waals surface area contributed by atoms with Gasteiger partial charge in [0.15, 0.2) is 5.65 Å². The first-order valence-corrected chi connectivity index (χ1v) is 11.7. The van der Waals surface area contributed by atoms with Crippen LogP contribution >= 0.6 is 0 Å². The molecule has 3 heterocycles. The maximum atomic E-state index is 13.1. The monoisotopic (exact) mass is 480 g/mol. The highest BCUT2D eigenvalue weighted by molar-refractivity contribution is 5.92. The minimum Gasteiger partial charge on any atom is -0.494 e. The van der Waals surface area contributed by atoms with Crippen LogP contribution in [-0.2, 0) is 16.6 Å². The third-order valence-electron chi connectivity index (χ3n) is 5.94. The number of fused-ring (bicyclic) bond motifs is 1. The van der Waals surface area contributed by atoms with Crippen LogP contribution in [0, 0.1) is 0 Å². The predicted molar refractivity (Wildman–Crippen MR) is 140 cm³/mol. The Morgan fingerprint density at radius 2 is 1.78 bits per heavy atom. The molecule has 3 aromatic heterocycles. The molecule has 5 rings (SSSR count). The van der Waals surface area contributed by atoms with Gasteiger partial charge in [0.1, 0.15) is 29.1 Å². The number of hydrogen-bond acceptors (Lipinski definition) is 5. The molecule has 8 nitrogen and oxygen atoms in total. The molecule has 1 amide bonds. The lowest BCUT2D eigenvalue weighted by Crippen LogP contribution is -2.17. The Bertz CT molecular complexity index is 1530. The van der Waals surface area contributed by atoms with E-state index in [-0.39, 0.29) is 17.7 Å². The highest BCUT2D eigenvalue weighted by Crippen LogP contribution is 2.30. The van der Waals surface area contributed by atoms with E-state index in [0.29, 0.717) is 11.6 Å². The van der Waals surface area contributed by atoms with Gasteiger partial charge in [-0.05, 0) is 42.0 Å². The van der Waals surface area contributed by atoms with Gasteiger partial charge in [0.05, 0.1) is 19.2 Å². The van der Waals surface area contributed by atoms with Crippen molar-refractivity contribution in [3.63, 3.8) is 0 Å². The van der Waals surface area contributed by atoms with E-state index in [2.05, 4.69) is 36.1 Å². The van der Waals surface area contributed by atoms with Gasteiger partial charge in [-0.3, -0.25) is 9.36 Å². The van der Waals surface area contributed by atoms with Gasteiger partial charge in [-0.25, -0.2) is 14.6 Å². The van der Waals surface area contributed by atoms with Gasteiger partial charge in [0.25, 0.3) is 0 Å². The van der Waals surface area contributed by atoms with Gasteiger partial charge >= 0.3 is 0 Å².